The molecule has 0 heterocycles. The standard InChI is InChI=1S/C18H24N2O6S/c1-5-8-25-16(21)12-6-7-15(13(19)9-12)27-10-14(17(22)24-4)20-18(23)26-11(2)3/h5-7,9,11,14H,1,8,10,19H2,2-4H3,(H,20,23). The smallest absolute Gasteiger partial charge is 0.408 e. The molecule has 0 fully saturated rings. The van der Waals surface area contributed by atoms with Gasteiger partial charge in [-0.25, -0.2) is 14.4 Å². The van der Waals surface area contributed by atoms with Gasteiger partial charge in [-0.3, -0.25) is 0 Å². The molecule has 0 aliphatic heterocycles. The van der Waals surface area contributed by atoms with E-state index in [1.165, 1.54) is 31.0 Å². The third-order valence-electron chi connectivity index (χ3n) is 3.10. The molecule has 27 heavy (non-hydrogen) atoms. The Labute approximate surface area is 162 Å². The average molecular weight is 396 g/mol. The number of amides is 1. The molecule has 0 radical (unpaired) electrons. The maximum Gasteiger partial charge on any atom is 0.408 e. The summed E-state index contributed by atoms with van der Waals surface area (Å²) in [5, 5.41) is 2.46. The van der Waals surface area contributed by atoms with Crippen molar-refractivity contribution < 1.29 is 28.6 Å². The molecule has 1 atom stereocenters. The lowest BCUT2D eigenvalue weighted by Crippen LogP contribution is -2.44. The molecule has 0 aromatic heterocycles. The molecule has 8 nitrogen and oxygen atoms in total. The van der Waals surface area contributed by atoms with Crippen LogP contribution in [0, 0.1) is 0 Å². The number of anilines is 1. The number of rotatable bonds is 9. The molecule has 148 valence electrons. The summed E-state index contributed by atoms with van der Waals surface area (Å²) in [6.45, 7) is 6.98. The zero-order valence-electron chi connectivity index (χ0n) is 15.5. The van der Waals surface area contributed by atoms with Crippen LogP contribution < -0.4 is 11.1 Å². The van der Waals surface area contributed by atoms with Crippen molar-refractivity contribution in [3.8, 4) is 0 Å². The topological polar surface area (TPSA) is 117 Å². The number of carbonyl (C=O) groups excluding carboxylic acids is 3. The Kier molecular flexibility index (Phi) is 9.21. The highest BCUT2D eigenvalue weighted by Gasteiger charge is 2.23. The monoisotopic (exact) mass is 396 g/mol. The minimum absolute atomic E-state index is 0.105. The van der Waals surface area contributed by atoms with Gasteiger partial charge in [0, 0.05) is 16.3 Å². The van der Waals surface area contributed by atoms with Gasteiger partial charge >= 0.3 is 18.0 Å². The molecule has 0 saturated heterocycles. The summed E-state index contributed by atoms with van der Waals surface area (Å²) in [4.78, 5) is 36.1. The van der Waals surface area contributed by atoms with Gasteiger partial charge < -0.3 is 25.3 Å². The van der Waals surface area contributed by atoms with Gasteiger partial charge in [-0.05, 0) is 32.0 Å². The SMILES string of the molecule is C=CCOC(=O)c1ccc(SCC(NC(=O)OC(C)C)C(=O)OC)c(N)c1. The molecule has 1 rings (SSSR count). The molecular formula is C18H24N2O6S. The highest BCUT2D eigenvalue weighted by Crippen LogP contribution is 2.27. The number of nitrogen functional groups attached to an aromatic ring is 1. The van der Waals surface area contributed by atoms with Crippen LogP contribution >= 0.6 is 11.8 Å². The quantitative estimate of drug-likeness (QED) is 0.215. The molecule has 1 unspecified atom stereocenters. The number of hydrogen-bond acceptors (Lipinski definition) is 8. The van der Waals surface area contributed by atoms with Crippen molar-refractivity contribution in [1.29, 1.82) is 0 Å². The van der Waals surface area contributed by atoms with Crippen molar-refractivity contribution in [3.05, 3.63) is 36.4 Å². The van der Waals surface area contributed by atoms with Crippen molar-refractivity contribution >= 4 is 35.5 Å². The predicted molar refractivity (Wildman–Crippen MR) is 103 cm³/mol. The molecular weight excluding hydrogens is 372 g/mol. The van der Waals surface area contributed by atoms with Crippen LogP contribution in [-0.4, -0.2) is 49.6 Å². The van der Waals surface area contributed by atoms with Crippen LogP contribution in [0.1, 0.15) is 24.2 Å². The summed E-state index contributed by atoms with van der Waals surface area (Å²) in [7, 11) is 1.23. The minimum Gasteiger partial charge on any atom is -0.467 e. The van der Waals surface area contributed by atoms with E-state index in [2.05, 4.69) is 11.9 Å². The largest absolute Gasteiger partial charge is 0.467 e. The number of nitrogens with one attached hydrogen (secondary N) is 1. The second-order valence-electron chi connectivity index (χ2n) is 5.62. The summed E-state index contributed by atoms with van der Waals surface area (Å²) in [5.41, 5.74) is 6.63. The Morgan fingerprint density at radius 2 is 2.04 bits per heavy atom. The van der Waals surface area contributed by atoms with Crippen LogP contribution in [0.3, 0.4) is 0 Å². The number of ether oxygens (including phenoxy) is 3. The molecule has 0 aliphatic carbocycles. The summed E-state index contributed by atoms with van der Waals surface area (Å²) in [5.74, 6) is -0.945. The number of esters is 2. The Morgan fingerprint density at radius 1 is 1.33 bits per heavy atom. The molecule has 9 heteroatoms. The lowest BCUT2D eigenvalue weighted by molar-refractivity contribution is -0.142. The van der Waals surface area contributed by atoms with E-state index in [0.717, 1.165) is 0 Å². The van der Waals surface area contributed by atoms with Crippen molar-refractivity contribution in [2.45, 2.75) is 30.9 Å². The molecule has 1 aromatic rings. The van der Waals surface area contributed by atoms with Crippen molar-refractivity contribution in [1.82, 2.24) is 5.32 Å². The third-order valence-corrected chi connectivity index (χ3v) is 4.29. The van der Waals surface area contributed by atoms with E-state index in [9.17, 15) is 14.4 Å². The van der Waals surface area contributed by atoms with Crippen LogP contribution in [0.5, 0.6) is 0 Å². The van der Waals surface area contributed by atoms with E-state index >= 15 is 0 Å². The van der Waals surface area contributed by atoms with Gasteiger partial charge in [-0.2, -0.15) is 0 Å². The van der Waals surface area contributed by atoms with Gasteiger partial charge in [0.2, 0.25) is 0 Å². The van der Waals surface area contributed by atoms with Crippen LogP contribution in [0.25, 0.3) is 0 Å². The maximum absolute atomic E-state index is 11.9. The first-order valence-electron chi connectivity index (χ1n) is 8.13. The van der Waals surface area contributed by atoms with Gasteiger partial charge in [0.05, 0.1) is 18.8 Å². The normalized spacial score (nSPS) is 11.4. The van der Waals surface area contributed by atoms with Gasteiger partial charge in [-0.1, -0.05) is 12.7 Å². The number of carbonyl (C=O) groups is 3. The summed E-state index contributed by atoms with van der Waals surface area (Å²) >= 11 is 1.23. The number of nitrogens with two attached hydrogens (primary N) is 1. The fourth-order valence-electron chi connectivity index (χ4n) is 1.90. The number of benzene rings is 1. The van der Waals surface area contributed by atoms with Gasteiger partial charge in [0.25, 0.3) is 0 Å². The summed E-state index contributed by atoms with van der Waals surface area (Å²) in [6, 6.07) is 3.78. The van der Waals surface area contributed by atoms with Crippen LogP contribution in [-0.2, 0) is 19.0 Å². The van der Waals surface area contributed by atoms with E-state index in [4.69, 9.17) is 19.9 Å². The van der Waals surface area contributed by atoms with E-state index in [-0.39, 0.29) is 18.5 Å². The molecule has 0 bridgehead atoms. The second-order valence-corrected chi connectivity index (χ2v) is 6.69. The first-order valence-corrected chi connectivity index (χ1v) is 9.12. The molecule has 0 aliphatic rings. The minimum atomic E-state index is -0.914. The Morgan fingerprint density at radius 3 is 2.59 bits per heavy atom. The lowest BCUT2D eigenvalue weighted by Gasteiger charge is -2.17. The van der Waals surface area contributed by atoms with Crippen LogP contribution in [0.15, 0.2) is 35.7 Å². The molecule has 0 saturated carbocycles. The number of hydrogen-bond donors (Lipinski definition) is 2. The second kappa shape index (κ2) is 11.1. The van der Waals surface area contributed by atoms with E-state index in [1.54, 1.807) is 26.0 Å². The van der Waals surface area contributed by atoms with Crippen LogP contribution in [0.2, 0.25) is 0 Å². The van der Waals surface area contributed by atoms with E-state index in [1.807, 2.05) is 0 Å². The first kappa shape index (κ1) is 22.4. The molecule has 1 amide bonds. The zero-order chi connectivity index (χ0) is 20.4. The lowest BCUT2D eigenvalue weighted by atomic mass is 10.2. The van der Waals surface area contributed by atoms with Crippen molar-refractivity contribution in [2.24, 2.45) is 0 Å². The third kappa shape index (κ3) is 7.61. The van der Waals surface area contributed by atoms with Crippen molar-refractivity contribution in [2.75, 3.05) is 25.2 Å². The van der Waals surface area contributed by atoms with Gasteiger partial charge in [-0.15, -0.1) is 11.8 Å². The Hall–Kier alpha value is -2.68. The molecule has 1 aromatic carbocycles. The summed E-state index contributed by atoms with van der Waals surface area (Å²) < 4.78 is 14.6. The van der Waals surface area contributed by atoms with Gasteiger partial charge in [0.1, 0.15) is 12.6 Å². The van der Waals surface area contributed by atoms with E-state index < -0.39 is 24.1 Å². The van der Waals surface area contributed by atoms with Gasteiger partial charge in [0.15, 0.2) is 0 Å². The first-order chi connectivity index (χ1) is 12.8. The zero-order valence-corrected chi connectivity index (χ0v) is 16.3. The molecule has 0 spiro atoms. The van der Waals surface area contributed by atoms with Crippen LogP contribution in [0.4, 0.5) is 10.5 Å². The maximum atomic E-state index is 11.9. The number of thioether (sulfide) groups is 1. The molecule has 3 N–H and O–H groups in total. The van der Waals surface area contributed by atoms with E-state index in [0.29, 0.717) is 16.1 Å². The number of methoxy groups -OCH3 is 1. The summed E-state index contributed by atoms with van der Waals surface area (Å²) in [6.07, 6.45) is 0.435. The predicted octanol–water partition coefficient (Wildman–Crippen LogP) is 2.38. The fraction of sp³-hybridized carbons (Fsp3) is 0.389. The average Bonchev–Trinajstić information content (AvgIpc) is 2.62. The Balaban J connectivity index is 2.76. The Bertz CT molecular complexity index is 692. The highest BCUT2D eigenvalue weighted by atomic mass is 32.2. The highest BCUT2D eigenvalue weighted by molar-refractivity contribution is 7.99. The van der Waals surface area contributed by atoms with Crippen molar-refractivity contribution in [3.63, 3.8) is 0 Å². The fourth-order valence-corrected chi connectivity index (χ4v) is 2.85. The number of alkyl carbamates (subject to hydrolysis) is 1.